The van der Waals surface area contributed by atoms with E-state index >= 15 is 0 Å². The van der Waals surface area contributed by atoms with Crippen LogP contribution in [-0.4, -0.2) is 44.7 Å². The molecule has 2 aromatic carbocycles. The van der Waals surface area contributed by atoms with Gasteiger partial charge in [0.15, 0.2) is 11.0 Å². The summed E-state index contributed by atoms with van der Waals surface area (Å²) in [5.41, 5.74) is 2.83. The van der Waals surface area contributed by atoms with E-state index in [1.807, 2.05) is 66.2 Å². The Hall–Kier alpha value is -3.26. The number of nitrogens with one attached hydrogen (secondary N) is 1. The van der Waals surface area contributed by atoms with Crippen LogP contribution in [0, 0.1) is 0 Å². The number of esters is 1. The summed E-state index contributed by atoms with van der Waals surface area (Å²) in [6.45, 7) is 4.34. The molecule has 0 amide bonds. The molecule has 0 saturated carbocycles. The lowest BCUT2D eigenvalue weighted by molar-refractivity contribution is -0.139. The van der Waals surface area contributed by atoms with Gasteiger partial charge in [-0.3, -0.25) is 9.36 Å². The van der Waals surface area contributed by atoms with Crippen LogP contribution in [0.4, 0.5) is 0 Å². The van der Waals surface area contributed by atoms with Gasteiger partial charge in [-0.15, -0.1) is 10.2 Å². The molecule has 8 heteroatoms. The Morgan fingerprint density at radius 1 is 1.17 bits per heavy atom. The number of ether oxygens (including phenoxy) is 2. The number of nitrogens with zero attached hydrogens (tertiary/aromatic N) is 3. The zero-order valence-corrected chi connectivity index (χ0v) is 17.8. The van der Waals surface area contributed by atoms with Crippen LogP contribution < -0.4 is 4.74 Å². The minimum absolute atomic E-state index is 0.310. The number of hydrogen-bond acceptors (Lipinski definition) is 6. The molecule has 1 N–H and O–H groups in total. The van der Waals surface area contributed by atoms with Crippen LogP contribution >= 0.6 is 11.8 Å². The standard InChI is InChI=1S/C22H22N4O3S/c1-4-29-16-11-9-15(10-12-16)26-20(18-13-23-19-8-6-5-7-17(18)19)24-25-22(26)30-14(2)21(27)28-3/h5-14,23H,4H2,1-3H3. The quantitative estimate of drug-likeness (QED) is 0.350. The fourth-order valence-corrected chi connectivity index (χ4v) is 4.13. The highest BCUT2D eigenvalue weighted by Crippen LogP contribution is 2.34. The van der Waals surface area contributed by atoms with Gasteiger partial charge in [0, 0.05) is 28.4 Å². The largest absolute Gasteiger partial charge is 0.494 e. The molecule has 7 nitrogen and oxygen atoms in total. The first-order chi connectivity index (χ1) is 14.6. The molecule has 0 saturated heterocycles. The van der Waals surface area contributed by atoms with Crippen LogP contribution in [0.2, 0.25) is 0 Å². The number of hydrogen-bond donors (Lipinski definition) is 1. The predicted octanol–water partition coefficient (Wildman–Crippen LogP) is 4.47. The van der Waals surface area contributed by atoms with Crippen molar-refractivity contribution in [2.75, 3.05) is 13.7 Å². The molecule has 0 radical (unpaired) electrons. The molecular weight excluding hydrogens is 400 g/mol. The molecule has 4 rings (SSSR count). The van der Waals surface area contributed by atoms with Crippen molar-refractivity contribution < 1.29 is 14.3 Å². The smallest absolute Gasteiger partial charge is 0.318 e. The normalized spacial score (nSPS) is 12.1. The number of thioether (sulfide) groups is 1. The lowest BCUT2D eigenvalue weighted by Crippen LogP contribution is -2.15. The zero-order valence-electron chi connectivity index (χ0n) is 17.0. The maximum absolute atomic E-state index is 12.0. The third-order valence-corrected chi connectivity index (χ3v) is 5.71. The maximum atomic E-state index is 12.0. The van der Waals surface area contributed by atoms with Gasteiger partial charge in [0.2, 0.25) is 0 Å². The molecular formula is C22H22N4O3S. The molecule has 0 aliphatic carbocycles. The van der Waals surface area contributed by atoms with E-state index in [0.29, 0.717) is 17.6 Å². The Balaban J connectivity index is 1.83. The van der Waals surface area contributed by atoms with E-state index in [1.54, 1.807) is 6.92 Å². The molecule has 0 fully saturated rings. The van der Waals surface area contributed by atoms with E-state index in [9.17, 15) is 4.79 Å². The second-order valence-electron chi connectivity index (χ2n) is 6.60. The van der Waals surface area contributed by atoms with Gasteiger partial charge < -0.3 is 14.5 Å². The van der Waals surface area contributed by atoms with Gasteiger partial charge in [0.05, 0.1) is 13.7 Å². The minimum atomic E-state index is -0.420. The molecule has 0 bridgehead atoms. The number of benzene rings is 2. The molecule has 154 valence electrons. The van der Waals surface area contributed by atoms with Crippen molar-refractivity contribution in [3.05, 3.63) is 54.7 Å². The van der Waals surface area contributed by atoms with Gasteiger partial charge in [0.25, 0.3) is 0 Å². The van der Waals surface area contributed by atoms with Crippen LogP contribution in [0.3, 0.4) is 0 Å². The van der Waals surface area contributed by atoms with E-state index in [2.05, 4.69) is 15.2 Å². The highest BCUT2D eigenvalue weighted by molar-refractivity contribution is 8.00. The van der Waals surface area contributed by atoms with Gasteiger partial charge in [-0.25, -0.2) is 0 Å². The summed E-state index contributed by atoms with van der Waals surface area (Å²) >= 11 is 1.31. The monoisotopic (exact) mass is 422 g/mol. The number of aromatic amines is 1. The van der Waals surface area contributed by atoms with Gasteiger partial charge in [0.1, 0.15) is 11.0 Å². The summed E-state index contributed by atoms with van der Waals surface area (Å²) in [7, 11) is 1.38. The van der Waals surface area contributed by atoms with E-state index in [1.165, 1.54) is 18.9 Å². The van der Waals surface area contributed by atoms with E-state index < -0.39 is 5.25 Å². The number of carbonyl (C=O) groups excluding carboxylic acids is 1. The SMILES string of the molecule is CCOc1ccc(-n2c(SC(C)C(=O)OC)nnc2-c2c[nH]c3ccccc23)cc1. The van der Waals surface area contributed by atoms with Crippen molar-refractivity contribution in [3.8, 4) is 22.8 Å². The fourth-order valence-electron chi connectivity index (χ4n) is 3.24. The highest BCUT2D eigenvalue weighted by atomic mass is 32.2. The van der Waals surface area contributed by atoms with Gasteiger partial charge in [-0.2, -0.15) is 0 Å². The van der Waals surface area contributed by atoms with Gasteiger partial charge >= 0.3 is 5.97 Å². The third kappa shape index (κ3) is 3.78. The van der Waals surface area contributed by atoms with Gasteiger partial charge in [-0.05, 0) is 44.2 Å². The summed E-state index contributed by atoms with van der Waals surface area (Å²) in [5, 5.41) is 10.1. The number of H-pyrrole nitrogens is 1. The fraction of sp³-hybridized carbons (Fsp3) is 0.227. The summed E-state index contributed by atoms with van der Waals surface area (Å²) in [5.74, 6) is 1.17. The van der Waals surface area contributed by atoms with Crippen LogP contribution in [0.15, 0.2) is 59.9 Å². The third-order valence-electron chi connectivity index (χ3n) is 4.68. The molecule has 2 aromatic heterocycles. The van der Waals surface area contributed by atoms with E-state index in [-0.39, 0.29) is 5.97 Å². The number of aromatic nitrogens is 4. The first-order valence-electron chi connectivity index (χ1n) is 9.62. The summed E-state index contributed by atoms with van der Waals surface area (Å²) < 4.78 is 12.4. The Labute approximate surface area is 178 Å². The molecule has 0 aliphatic heterocycles. The van der Waals surface area contributed by atoms with Crippen LogP contribution in [-0.2, 0) is 9.53 Å². The van der Waals surface area contributed by atoms with Crippen LogP contribution in [0.25, 0.3) is 28.0 Å². The Kier molecular flexibility index (Phi) is 5.76. The summed E-state index contributed by atoms with van der Waals surface area (Å²) in [4.78, 5) is 15.3. The topological polar surface area (TPSA) is 82.0 Å². The second-order valence-corrected chi connectivity index (χ2v) is 7.91. The number of para-hydroxylation sites is 1. The van der Waals surface area contributed by atoms with E-state index in [0.717, 1.165) is 27.9 Å². The lowest BCUT2D eigenvalue weighted by atomic mass is 10.1. The first-order valence-corrected chi connectivity index (χ1v) is 10.5. The second kappa shape index (κ2) is 8.62. The van der Waals surface area contributed by atoms with Crippen LogP contribution in [0.5, 0.6) is 5.75 Å². The van der Waals surface area contributed by atoms with Crippen molar-refractivity contribution in [1.29, 1.82) is 0 Å². The molecule has 1 atom stereocenters. The minimum Gasteiger partial charge on any atom is -0.494 e. The summed E-state index contributed by atoms with van der Waals surface area (Å²) in [6.07, 6.45) is 1.93. The molecule has 4 aromatic rings. The van der Waals surface area contributed by atoms with Crippen LogP contribution in [0.1, 0.15) is 13.8 Å². The van der Waals surface area contributed by atoms with Crippen molar-refractivity contribution in [2.45, 2.75) is 24.3 Å². The molecule has 0 spiro atoms. The zero-order chi connectivity index (χ0) is 21.1. The average Bonchev–Trinajstić information content (AvgIpc) is 3.38. The molecule has 2 heterocycles. The lowest BCUT2D eigenvalue weighted by Gasteiger charge is -2.13. The molecule has 0 aliphatic rings. The van der Waals surface area contributed by atoms with Gasteiger partial charge in [-0.1, -0.05) is 30.0 Å². The molecule has 30 heavy (non-hydrogen) atoms. The highest BCUT2D eigenvalue weighted by Gasteiger charge is 2.23. The first kappa shape index (κ1) is 20.0. The predicted molar refractivity (Wildman–Crippen MR) is 117 cm³/mol. The van der Waals surface area contributed by atoms with Crippen molar-refractivity contribution >= 4 is 28.6 Å². The molecule has 1 unspecified atom stereocenters. The number of carbonyl (C=O) groups is 1. The maximum Gasteiger partial charge on any atom is 0.318 e. The number of fused-ring (bicyclic) bond motifs is 1. The summed E-state index contributed by atoms with van der Waals surface area (Å²) in [6, 6.07) is 15.8. The Morgan fingerprint density at radius 2 is 1.93 bits per heavy atom. The van der Waals surface area contributed by atoms with Crippen molar-refractivity contribution in [2.24, 2.45) is 0 Å². The Morgan fingerprint density at radius 3 is 2.67 bits per heavy atom. The van der Waals surface area contributed by atoms with Crippen molar-refractivity contribution in [1.82, 2.24) is 19.7 Å². The van der Waals surface area contributed by atoms with Crippen molar-refractivity contribution in [3.63, 3.8) is 0 Å². The Bertz CT molecular complexity index is 1170. The number of rotatable bonds is 7. The average molecular weight is 423 g/mol. The van der Waals surface area contributed by atoms with E-state index in [4.69, 9.17) is 9.47 Å². The number of methoxy groups -OCH3 is 1.